The molecule has 38 heavy (non-hydrogen) atoms. The minimum atomic E-state index is -0.269. The number of hydrogen-bond donors (Lipinski definition) is 3. The molecule has 1 aromatic carbocycles. The maximum Gasteiger partial charge on any atom is 0.247 e. The zero-order valence-corrected chi connectivity index (χ0v) is 21.8. The van der Waals surface area contributed by atoms with Gasteiger partial charge in [0, 0.05) is 50.6 Å². The summed E-state index contributed by atoms with van der Waals surface area (Å²) < 4.78 is 6.37. The first kappa shape index (κ1) is 25.3. The van der Waals surface area contributed by atoms with Gasteiger partial charge < -0.3 is 30.2 Å². The number of H-pyrrole nitrogens is 1. The van der Waals surface area contributed by atoms with E-state index in [0.29, 0.717) is 17.9 Å². The largest absolute Gasteiger partial charge is 0.461 e. The Morgan fingerprint density at radius 3 is 2.74 bits per heavy atom. The molecule has 0 bridgehead atoms. The van der Waals surface area contributed by atoms with E-state index < -0.39 is 0 Å². The molecule has 0 radical (unpaired) electrons. The zero-order chi connectivity index (χ0) is 26.5. The predicted octanol–water partition coefficient (Wildman–Crippen LogP) is 3.23. The lowest BCUT2D eigenvalue weighted by molar-refractivity contribution is -0.111. The quantitative estimate of drug-likeness (QED) is 0.402. The summed E-state index contributed by atoms with van der Waals surface area (Å²) in [6.45, 7) is 9.67. The molecule has 3 aromatic rings. The van der Waals surface area contributed by atoms with Gasteiger partial charge in [0.05, 0.1) is 17.1 Å². The normalized spacial score (nSPS) is 15.8. The van der Waals surface area contributed by atoms with E-state index in [4.69, 9.17) is 14.7 Å². The molecule has 9 heteroatoms. The highest BCUT2D eigenvalue weighted by Gasteiger charge is 2.18. The van der Waals surface area contributed by atoms with Crippen LogP contribution in [0.5, 0.6) is 5.75 Å². The monoisotopic (exact) mass is 511 g/mol. The van der Waals surface area contributed by atoms with Gasteiger partial charge >= 0.3 is 0 Å². The fraction of sp³-hybridized carbons (Fsp3) is 0.276. The van der Waals surface area contributed by atoms with E-state index in [1.54, 1.807) is 6.07 Å². The number of hydrogen-bond acceptors (Lipinski definition) is 7. The van der Waals surface area contributed by atoms with Gasteiger partial charge in [0.1, 0.15) is 28.6 Å². The number of nitrogens with one attached hydrogen (secondary N) is 3. The third-order valence-corrected chi connectivity index (χ3v) is 6.75. The number of piperazine rings is 1. The van der Waals surface area contributed by atoms with Gasteiger partial charge in [0.15, 0.2) is 0 Å². The first-order valence-electron chi connectivity index (χ1n) is 12.9. The zero-order valence-electron chi connectivity index (χ0n) is 21.8. The highest BCUT2D eigenvalue weighted by atomic mass is 16.5. The molecule has 3 N–H and O–H groups in total. The molecular formula is C29H33N7O2. The number of ether oxygens (including phenoxy) is 1. The highest BCUT2D eigenvalue weighted by Crippen LogP contribution is 2.27. The topological polar surface area (TPSA) is 97.9 Å². The smallest absolute Gasteiger partial charge is 0.247 e. The average molecular weight is 512 g/mol. The van der Waals surface area contributed by atoms with Gasteiger partial charge in [-0.3, -0.25) is 4.79 Å². The number of anilines is 3. The SMILES string of the molecule is C=CC(=O)Nc1cccc(OC2=c3cc[nH]c3=NC(Nc3ccc(N4CCN(C)CC4)nc3)=C(CC)C2)c1. The first-order valence-corrected chi connectivity index (χ1v) is 12.9. The molecule has 2 aliphatic rings. The van der Waals surface area contributed by atoms with Crippen LogP contribution < -0.4 is 31.0 Å². The van der Waals surface area contributed by atoms with E-state index >= 15 is 0 Å². The van der Waals surface area contributed by atoms with Crippen LogP contribution in [-0.4, -0.2) is 54.0 Å². The van der Waals surface area contributed by atoms with Gasteiger partial charge in [-0.25, -0.2) is 9.98 Å². The molecule has 2 aliphatic heterocycles. The molecule has 0 aliphatic carbocycles. The minimum absolute atomic E-state index is 0.269. The van der Waals surface area contributed by atoms with Crippen LogP contribution in [-0.2, 0) is 4.79 Å². The number of likely N-dealkylation sites (N-methyl/N-ethyl adjacent to an activating group) is 1. The van der Waals surface area contributed by atoms with Crippen LogP contribution in [0.25, 0.3) is 5.76 Å². The number of aromatic nitrogens is 2. The van der Waals surface area contributed by atoms with Crippen molar-refractivity contribution >= 4 is 28.9 Å². The van der Waals surface area contributed by atoms with Crippen LogP contribution in [0.4, 0.5) is 17.2 Å². The van der Waals surface area contributed by atoms with Crippen molar-refractivity contribution in [3.8, 4) is 5.75 Å². The lowest BCUT2D eigenvalue weighted by Gasteiger charge is -2.33. The van der Waals surface area contributed by atoms with E-state index in [1.807, 2.05) is 36.7 Å². The number of benzene rings is 1. The molecule has 1 fully saturated rings. The second-order valence-electron chi connectivity index (χ2n) is 9.40. The van der Waals surface area contributed by atoms with Gasteiger partial charge in [-0.2, -0.15) is 0 Å². The first-order chi connectivity index (χ1) is 18.5. The lowest BCUT2D eigenvalue weighted by Crippen LogP contribution is -2.44. The van der Waals surface area contributed by atoms with Crippen molar-refractivity contribution in [3.05, 3.63) is 89.6 Å². The minimum Gasteiger partial charge on any atom is -0.461 e. The average Bonchev–Trinajstić information content (AvgIpc) is 3.35. The molecule has 5 rings (SSSR count). The number of pyridine rings is 1. The van der Waals surface area contributed by atoms with E-state index in [-0.39, 0.29) is 5.91 Å². The molecule has 4 heterocycles. The molecule has 0 spiro atoms. The van der Waals surface area contributed by atoms with Crippen molar-refractivity contribution in [2.45, 2.75) is 19.8 Å². The molecule has 0 atom stereocenters. The molecule has 2 aromatic heterocycles. The van der Waals surface area contributed by atoms with Crippen LogP contribution in [0.2, 0.25) is 0 Å². The van der Waals surface area contributed by atoms with E-state index in [1.165, 1.54) is 6.08 Å². The summed E-state index contributed by atoms with van der Waals surface area (Å²) in [5, 5.41) is 7.16. The van der Waals surface area contributed by atoms with Gasteiger partial charge in [-0.1, -0.05) is 19.6 Å². The maximum absolute atomic E-state index is 11.7. The number of carbonyl (C=O) groups excluding carboxylic acids is 1. The van der Waals surface area contributed by atoms with Crippen molar-refractivity contribution in [2.75, 3.05) is 48.8 Å². The van der Waals surface area contributed by atoms with Crippen LogP contribution in [0.15, 0.2) is 83.9 Å². The lowest BCUT2D eigenvalue weighted by atomic mass is 10.1. The van der Waals surface area contributed by atoms with Crippen molar-refractivity contribution in [3.63, 3.8) is 0 Å². The fourth-order valence-corrected chi connectivity index (χ4v) is 4.53. The van der Waals surface area contributed by atoms with Gasteiger partial charge in [-0.15, -0.1) is 0 Å². The Bertz CT molecular complexity index is 1470. The van der Waals surface area contributed by atoms with Crippen LogP contribution in [0.3, 0.4) is 0 Å². The van der Waals surface area contributed by atoms with E-state index in [0.717, 1.165) is 72.0 Å². The van der Waals surface area contributed by atoms with Gasteiger partial charge in [0.25, 0.3) is 0 Å². The van der Waals surface area contributed by atoms with Crippen LogP contribution in [0.1, 0.15) is 19.8 Å². The predicted molar refractivity (Wildman–Crippen MR) is 150 cm³/mol. The third kappa shape index (κ3) is 5.78. The molecule has 196 valence electrons. The van der Waals surface area contributed by atoms with Crippen LogP contribution >= 0.6 is 0 Å². The number of carbonyl (C=O) groups is 1. The number of aromatic amines is 1. The van der Waals surface area contributed by atoms with E-state index in [9.17, 15) is 4.79 Å². The molecule has 0 saturated carbocycles. The number of fused-ring (bicyclic) bond motifs is 1. The Hall–Kier alpha value is -4.37. The summed E-state index contributed by atoms with van der Waals surface area (Å²) in [6, 6.07) is 13.4. The Balaban J connectivity index is 1.37. The van der Waals surface area contributed by atoms with Crippen LogP contribution in [0, 0.1) is 0 Å². The summed E-state index contributed by atoms with van der Waals surface area (Å²) in [5.74, 6) is 2.93. The summed E-state index contributed by atoms with van der Waals surface area (Å²) >= 11 is 0. The third-order valence-electron chi connectivity index (χ3n) is 6.75. The standard InChI is InChI=1S/C29H33N7O2/c1-4-20-17-25(38-23-8-6-7-21(18-23)32-27(37)5-2)24-11-12-30-29(24)34-28(20)33-22-9-10-26(31-19-22)36-15-13-35(3)14-16-36/h5-12,18-19,33H,2,4,13-17H2,1,3H3,(H,30,34)(H,32,37). The summed E-state index contributed by atoms with van der Waals surface area (Å²) in [5.41, 5.74) is 3.37. The number of amides is 1. The summed E-state index contributed by atoms with van der Waals surface area (Å²) in [4.78, 5) is 29.3. The van der Waals surface area contributed by atoms with Crippen molar-refractivity contribution in [1.82, 2.24) is 14.9 Å². The molecule has 0 unspecified atom stereocenters. The summed E-state index contributed by atoms with van der Waals surface area (Å²) in [6.07, 6.45) is 6.35. The highest BCUT2D eigenvalue weighted by molar-refractivity contribution is 5.98. The molecule has 9 nitrogen and oxygen atoms in total. The van der Waals surface area contributed by atoms with Crippen molar-refractivity contribution < 1.29 is 9.53 Å². The second kappa shape index (κ2) is 11.4. The Morgan fingerprint density at radius 2 is 2.00 bits per heavy atom. The summed E-state index contributed by atoms with van der Waals surface area (Å²) in [7, 11) is 2.15. The Kier molecular flexibility index (Phi) is 7.55. The Morgan fingerprint density at radius 1 is 1.16 bits per heavy atom. The number of rotatable bonds is 8. The number of nitrogens with zero attached hydrogens (tertiary/aromatic N) is 4. The second-order valence-corrected chi connectivity index (χ2v) is 9.40. The Labute approximate surface area is 222 Å². The molecule has 1 amide bonds. The van der Waals surface area contributed by atoms with Crippen molar-refractivity contribution in [1.29, 1.82) is 0 Å². The molecular weight excluding hydrogens is 478 g/mol. The fourth-order valence-electron chi connectivity index (χ4n) is 4.53. The van der Waals surface area contributed by atoms with Gasteiger partial charge in [0.2, 0.25) is 5.91 Å². The van der Waals surface area contributed by atoms with E-state index in [2.05, 4.69) is 58.1 Å². The van der Waals surface area contributed by atoms with Gasteiger partial charge in [-0.05, 0) is 55.4 Å². The van der Waals surface area contributed by atoms with Crippen molar-refractivity contribution in [2.24, 2.45) is 4.99 Å². The maximum atomic E-state index is 11.7. The molecule has 1 saturated heterocycles.